The fourth-order valence-corrected chi connectivity index (χ4v) is 10.5. The molecule has 5 fully saturated rings. The summed E-state index contributed by atoms with van der Waals surface area (Å²) in [4.78, 5) is 87.7. The molecule has 2 aliphatic heterocycles. The molecule has 3 saturated carbocycles. The van der Waals surface area contributed by atoms with Crippen molar-refractivity contribution in [3.05, 3.63) is 0 Å². The molecule has 2 saturated heterocycles. The number of carbonyl (C=O) groups excluding carboxylic acids is 6. The van der Waals surface area contributed by atoms with Gasteiger partial charge in [0, 0.05) is 18.0 Å². The summed E-state index contributed by atoms with van der Waals surface area (Å²) >= 11 is 0. The van der Waals surface area contributed by atoms with E-state index < -0.39 is 58.5 Å². The molecule has 304 valence electrons. The number of piperidine rings is 1. The first-order valence-electron chi connectivity index (χ1n) is 21.0. The molecule has 12 heteroatoms. The third-order valence-electron chi connectivity index (χ3n) is 14.4. The Balaban J connectivity index is 1.40. The van der Waals surface area contributed by atoms with Gasteiger partial charge in [-0.15, -0.1) is 0 Å². The molecule has 3 aliphatic carbocycles. The first-order chi connectivity index (χ1) is 25.2. The van der Waals surface area contributed by atoms with Gasteiger partial charge in [-0.05, 0) is 92.5 Å². The molecule has 6 atom stereocenters. The number of Topliss-reactive ketones (excluding diaryl/α,β-unsaturated/α-hetero) is 1. The second-order valence-corrected chi connectivity index (χ2v) is 19.9. The van der Waals surface area contributed by atoms with Crippen LogP contribution in [0.4, 0.5) is 0 Å². The summed E-state index contributed by atoms with van der Waals surface area (Å²) in [6.07, 6.45) is 9.95. The highest BCUT2D eigenvalue weighted by Gasteiger charge is 2.85. The minimum absolute atomic E-state index is 0.00738. The Hall–Kier alpha value is -3.02. The van der Waals surface area contributed by atoms with Crippen LogP contribution in [0.1, 0.15) is 146 Å². The molecule has 12 nitrogen and oxygen atoms in total. The molecular weight excluding hydrogens is 684 g/mol. The van der Waals surface area contributed by atoms with Gasteiger partial charge in [0.15, 0.2) is 0 Å². The van der Waals surface area contributed by atoms with Gasteiger partial charge in [-0.2, -0.15) is 0 Å². The van der Waals surface area contributed by atoms with Gasteiger partial charge in [-0.1, -0.05) is 88.5 Å². The van der Waals surface area contributed by atoms with Gasteiger partial charge >= 0.3 is 0 Å². The van der Waals surface area contributed by atoms with Crippen LogP contribution >= 0.6 is 0 Å². The van der Waals surface area contributed by atoms with Gasteiger partial charge in [-0.25, -0.2) is 0 Å². The summed E-state index contributed by atoms with van der Waals surface area (Å²) in [5, 5.41) is 11.9. The molecule has 2 spiro atoms. The van der Waals surface area contributed by atoms with E-state index in [0.717, 1.165) is 70.9 Å². The van der Waals surface area contributed by atoms with E-state index in [1.807, 2.05) is 55.4 Å². The standard InChI is InChI=1S/C42H70N6O6/c1-11-17-27(30(49)35(52)43-26-18-15-19-26)44-34(51)29-24-42(40(9,10)41(42)21-16-22-41)25-48(29)37(54)32(39(6,7)8)46-36(53)31(38(3,4)5)45-33(50)28-20-13-14-23-47(28)12-2/h26-29,31-32H,11-25H2,1-10H3,(H,43,52)(H,44,51)(H,45,50)(H,46,53)/t27?,28-,29-,31?,32+,42+/m0/s1. The molecule has 5 rings (SSSR count). The van der Waals surface area contributed by atoms with Crippen molar-refractivity contribution in [3.8, 4) is 0 Å². The van der Waals surface area contributed by atoms with Crippen molar-refractivity contribution in [1.29, 1.82) is 0 Å². The van der Waals surface area contributed by atoms with Crippen LogP contribution in [0, 0.1) is 27.1 Å². The van der Waals surface area contributed by atoms with E-state index in [9.17, 15) is 24.0 Å². The molecule has 0 aromatic rings. The molecule has 0 aromatic heterocycles. The lowest BCUT2D eigenvalue weighted by Crippen LogP contribution is -2.63. The summed E-state index contributed by atoms with van der Waals surface area (Å²) in [6.45, 7) is 21.8. The average Bonchev–Trinajstić information content (AvgIpc) is 3.27. The number of hydrogen-bond donors (Lipinski definition) is 4. The van der Waals surface area contributed by atoms with Crippen molar-refractivity contribution in [3.63, 3.8) is 0 Å². The highest BCUT2D eigenvalue weighted by atomic mass is 16.2. The van der Waals surface area contributed by atoms with Crippen LogP contribution < -0.4 is 21.3 Å². The number of hydrogen-bond acceptors (Lipinski definition) is 7. The largest absolute Gasteiger partial charge is 0.347 e. The van der Waals surface area contributed by atoms with E-state index >= 15 is 4.79 Å². The lowest BCUT2D eigenvalue weighted by molar-refractivity contribution is -0.146. The number of amides is 5. The minimum Gasteiger partial charge on any atom is -0.347 e. The van der Waals surface area contributed by atoms with E-state index in [1.54, 1.807) is 4.90 Å². The van der Waals surface area contributed by atoms with Gasteiger partial charge < -0.3 is 26.2 Å². The van der Waals surface area contributed by atoms with Crippen LogP contribution in [0.5, 0.6) is 0 Å². The number of likely N-dealkylation sites (tertiary alicyclic amines) is 2. The number of fused-ring (bicyclic) bond motifs is 1. The Kier molecular flexibility index (Phi) is 12.1. The Bertz CT molecular complexity index is 1470. The van der Waals surface area contributed by atoms with E-state index in [2.05, 4.69) is 40.0 Å². The highest BCUT2D eigenvalue weighted by Crippen LogP contribution is 2.88. The SMILES string of the molecule is CCCC(NC(=O)[C@@H]1C[C@@]2(CN1C(=O)[C@@H](NC(=O)C(NC(=O)[C@@H]1CCCCN1CC)C(C)(C)C)C(C)(C)C)C(C)(C)C21CCC1)C(=O)C(=O)NC1CCC1. The zero-order valence-corrected chi connectivity index (χ0v) is 34.9. The van der Waals surface area contributed by atoms with E-state index in [0.29, 0.717) is 25.8 Å². The van der Waals surface area contributed by atoms with Gasteiger partial charge in [0.05, 0.1) is 12.1 Å². The zero-order chi connectivity index (χ0) is 40.0. The molecule has 0 bridgehead atoms. The first-order valence-corrected chi connectivity index (χ1v) is 21.0. The van der Waals surface area contributed by atoms with Gasteiger partial charge in [0.25, 0.3) is 5.91 Å². The second kappa shape index (κ2) is 15.5. The number of carbonyl (C=O) groups is 6. The van der Waals surface area contributed by atoms with Gasteiger partial charge in [0.1, 0.15) is 18.1 Å². The zero-order valence-electron chi connectivity index (χ0n) is 34.9. The van der Waals surface area contributed by atoms with Crippen LogP contribution in [0.15, 0.2) is 0 Å². The van der Waals surface area contributed by atoms with E-state index in [-0.39, 0.29) is 40.1 Å². The van der Waals surface area contributed by atoms with E-state index in [4.69, 9.17) is 0 Å². The molecule has 5 amide bonds. The van der Waals surface area contributed by atoms with Crippen molar-refractivity contribution in [1.82, 2.24) is 31.1 Å². The maximum Gasteiger partial charge on any atom is 0.289 e. The molecule has 54 heavy (non-hydrogen) atoms. The van der Waals surface area contributed by atoms with E-state index in [1.165, 1.54) is 0 Å². The summed E-state index contributed by atoms with van der Waals surface area (Å²) < 4.78 is 0. The third-order valence-corrected chi connectivity index (χ3v) is 14.4. The van der Waals surface area contributed by atoms with Crippen LogP contribution in [0.2, 0.25) is 0 Å². The summed E-state index contributed by atoms with van der Waals surface area (Å²) in [7, 11) is 0. The van der Waals surface area contributed by atoms with Crippen molar-refractivity contribution in [2.45, 2.75) is 183 Å². The summed E-state index contributed by atoms with van der Waals surface area (Å²) in [6, 6.07) is -4.09. The molecular formula is C42H70N6O6. The second-order valence-electron chi connectivity index (χ2n) is 19.9. The Morgan fingerprint density at radius 3 is 1.87 bits per heavy atom. The molecule has 5 aliphatic rings. The topological polar surface area (TPSA) is 157 Å². The predicted octanol–water partition coefficient (Wildman–Crippen LogP) is 4.24. The van der Waals surface area contributed by atoms with Crippen molar-refractivity contribution in [2.75, 3.05) is 19.6 Å². The Labute approximate surface area is 323 Å². The van der Waals surface area contributed by atoms with Gasteiger partial charge in [0.2, 0.25) is 29.4 Å². The molecule has 2 unspecified atom stereocenters. The lowest BCUT2D eigenvalue weighted by Gasteiger charge is -2.39. The number of rotatable bonds is 13. The Morgan fingerprint density at radius 2 is 1.37 bits per heavy atom. The number of likely N-dealkylation sites (N-methyl/N-ethyl adjacent to an activating group) is 1. The Morgan fingerprint density at radius 1 is 0.741 bits per heavy atom. The molecule has 0 aromatic carbocycles. The van der Waals surface area contributed by atoms with Crippen molar-refractivity contribution < 1.29 is 28.8 Å². The lowest BCUT2D eigenvalue weighted by atomic mass is 9.73. The van der Waals surface area contributed by atoms with Crippen LogP contribution in [-0.4, -0.2) is 101 Å². The summed E-state index contributed by atoms with van der Waals surface area (Å²) in [5.74, 6) is -2.74. The smallest absolute Gasteiger partial charge is 0.289 e. The maximum absolute atomic E-state index is 15.0. The van der Waals surface area contributed by atoms with Crippen LogP contribution in [0.3, 0.4) is 0 Å². The molecule has 4 N–H and O–H groups in total. The maximum atomic E-state index is 15.0. The monoisotopic (exact) mass is 755 g/mol. The normalized spacial score (nSPS) is 27.9. The highest BCUT2D eigenvalue weighted by molar-refractivity contribution is 6.38. The fraction of sp³-hybridized carbons (Fsp3) is 0.857. The number of nitrogens with zero attached hydrogens (tertiary/aromatic N) is 2. The number of nitrogens with one attached hydrogen (secondary N) is 4. The summed E-state index contributed by atoms with van der Waals surface area (Å²) in [5.41, 5.74) is -1.74. The predicted molar refractivity (Wildman–Crippen MR) is 208 cm³/mol. The third kappa shape index (κ3) is 7.58. The van der Waals surface area contributed by atoms with Crippen LogP contribution in [-0.2, 0) is 28.8 Å². The quantitative estimate of drug-likeness (QED) is 0.205. The van der Waals surface area contributed by atoms with Crippen LogP contribution in [0.25, 0.3) is 0 Å². The van der Waals surface area contributed by atoms with Gasteiger partial charge in [-0.3, -0.25) is 33.7 Å². The fourth-order valence-electron chi connectivity index (χ4n) is 10.5. The van der Waals surface area contributed by atoms with Crippen molar-refractivity contribution >= 4 is 35.3 Å². The molecule has 2 heterocycles. The number of ketones is 1. The first kappa shape index (κ1) is 42.1. The minimum atomic E-state index is -1.00. The van der Waals surface area contributed by atoms with Crippen molar-refractivity contribution in [2.24, 2.45) is 27.1 Å². The molecule has 0 radical (unpaired) electrons. The average molecular weight is 755 g/mol.